The second-order valence-electron chi connectivity index (χ2n) is 10.2. The van der Waals surface area contributed by atoms with E-state index in [4.69, 9.17) is 4.74 Å². The lowest BCUT2D eigenvalue weighted by atomic mass is 9.71. The minimum atomic E-state index is -0.845. The third-order valence-corrected chi connectivity index (χ3v) is 8.26. The van der Waals surface area contributed by atoms with Gasteiger partial charge in [-0.3, -0.25) is 9.78 Å². The van der Waals surface area contributed by atoms with Gasteiger partial charge in [-0.15, -0.1) is 0 Å². The molecule has 8 heteroatoms. The summed E-state index contributed by atoms with van der Waals surface area (Å²) in [6, 6.07) is 1.78. The molecule has 37 heavy (non-hydrogen) atoms. The summed E-state index contributed by atoms with van der Waals surface area (Å²) in [7, 11) is 1.37. The highest BCUT2D eigenvalue weighted by molar-refractivity contribution is 5.80. The van der Waals surface area contributed by atoms with Crippen molar-refractivity contribution in [1.82, 2.24) is 9.97 Å². The first kappa shape index (κ1) is 27.1. The van der Waals surface area contributed by atoms with Crippen LogP contribution in [0.1, 0.15) is 88.6 Å². The molecule has 2 bridgehead atoms. The SMILES string of the molecule is CC=C(c1cc(F)cnc1C(CC)CC)c1nc(NC2C3CCCC(CC3)C2C(=O)OC)c(F)cc1F. The molecule has 3 aliphatic rings. The molecule has 3 saturated carbocycles. The van der Waals surface area contributed by atoms with Crippen molar-refractivity contribution in [2.24, 2.45) is 17.8 Å². The number of allylic oxidation sites excluding steroid dienone is 1. The Morgan fingerprint density at radius 2 is 1.81 bits per heavy atom. The van der Waals surface area contributed by atoms with Gasteiger partial charge < -0.3 is 10.1 Å². The summed E-state index contributed by atoms with van der Waals surface area (Å²) in [5, 5.41) is 3.18. The van der Waals surface area contributed by atoms with Crippen molar-refractivity contribution in [2.45, 2.75) is 77.7 Å². The Hall–Kier alpha value is -2.90. The molecule has 0 amide bonds. The number of nitrogens with one attached hydrogen (secondary N) is 1. The third kappa shape index (κ3) is 5.39. The summed E-state index contributed by atoms with van der Waals surface area (Å²) in [5.41, 5.74) is 1.37. The Labute approximate surface area is 216 Å². The summed E-state index contributed by atoms with van der Waals surface area (Å²) in [6.07, 6.45) is 9.09. The lowest BCUT2D eigenvalue weighted by Crippen LogP contribution is -2.47. The van der Waals surface area contributed by atoms with E-state index < -0.39 is 23.4 Å². The molecule has 2 aromatic heterocycles. The van der Waals surface area contributed by atoms with Crippen molar-refractivity contribution in [3.63, 3.8) is 0 Å². The van der Waals surface area contributed by atoms with Gasteiger partial charge in [0, 0.05) is 29.2 Å². The van der Waals surface area contributed by atoms with Crippen molar-refractivity contribution < 1.29 is 22.7 Å². The van der Waals surface area contributed by atoms with E-state index in [1.807, 2.05) is 13.8 Å². The number of hydrogen-bond donors (Lipinski definition) is 1. The van der Waals surface area contributed by atoms with E-state index in [0.717, 1.165) is 51.0 Å². The zero-order chi connectivity index (χ0) is 26.7. The Kier molecular flexibility index (Phi) is 8.55. The number of anilines is 1. The van der Waals surface area contributed by atoms with Crippen LogP contribution in [0.2, 0.25) is 0 Å². The summed E-state index contributed by atoms with van der Waals surface area (Å²) >= 11 is 0. The first-order valence-corrected chi connectivity index (χ1v) is 13.4. The minimum absolute atomic E-state index is 0.0500. The van der Waals surface area contributed by atoms with Crippen LogP contribution in [-0.4, -0.2) is 29.1 Å². The molecule has 2 heterocycles. The standard InChI is InChI=1S/C29H36F3N3O2/c1-5-16(6-2)25-21(13-19(30)15-33-25)20(7-3)27-22(31)14-23(32)28(35-27)34-26-18-10-8-9-17(11-12-18)24(26)29(36)37-4/h7,13-18,24,26H,5-6,8-12H2,1-4H3,(H,34,35). The van der Waals surface area contributed by atoms with Crippen LogP contribution in [0.4, 0.5) is 19.0 Å². The zero-order valence-electron chi connectivity index (χ0n) is 22.0. The van der Waals surface area contributed by atoms with Crippen LogP contribution in [0.15, 0.2) is 24.4 Å². The van der Waals surface area contributed by atoms with Crippen LogP contribution in [0.3, 0.4) is 0 Å². The van der Waals surface area contributed by atoms with Gasteiger partial charge in [-0.2, -0.15) is 0 Å². The van der Waals surface area contributed by atoms with E-state index in [0.29, 0.717) is 16.8 Å². The fourth-order valence-corrected chi connectivity index (χ4v) is 6.35. The molecule has 4 atom stereocenters. The monoisotopic (exact) mass is 515 g/mol. The molecule has 0 spiro atoms. The topological polar surface area (TPSA) is 64.1 Å². The minimum Gasteiger partial charge on any atom is -0.469 e. The second kappa shape index (κ2) is 11.7. The van der Waals surface area contributed by atoms with Crippen LogP contribution >= 0.6 is 0 Å². The first-order valence-electron chi connectivity index (χ1n) is 13.4. The molecule has 5 rings (SSSR count). The molecule has 0 aromatic carbocycles. The van der Waals surface area contributed by atoms with E-state index in [1.165, 1.54) is 19.4 Å². The normalized spacial score (nSPS) is 23.7. The number of nitrogens with zero attached hydrogens (tertiary/aromatic N) is 2. The number of carbonyl (C=O) groups excluding carboxylic acids is 1. The third-order valence-electron chi connectivity index (χ3n) is 8.26. The molecular formula is C29H36F3N3O2. The molecule has 1 N–H and O–H groups in total. The highest BCUT2D eigenvalue weighted by Crippen LogP contribution is 2.45. The maximum Gasteiger partial charge on any atom is 0.311 e. The van der Waals surface area contributed by atoms with Crippen LogP contribution in [0.5, 0.6) is 0 Å². The quantitative estimate of drug-likeness (QED) is 0.383. The van der Waals surface area contributed by atoms with Crippen molar-refractivity contribution in [3.8, 4) is 0 Å². The number of methoxy groups -OCH3 is 1. The summed E-state index contributed by atoms with van der Waals surface area (Å²) in [4.78, 5) is 21.5. The predicted octanol–water partition coefficient (Wildman–Crippen LogP) is 7.03. The van der Waals surface area contributed by atoms with E-state index in [2.05, 4.69) is 15.3 Å². The fourth-order valence-electron chi connectivity index (χ4n) is 6.35. The molecular weight excluding hydrogens is 479 g/mol. The van der Waals surface area contributed by atoms with Gasteiger partial charge in [0.15, 0.2) is 17.5 Å². The highest BCUT2D eigenvalue weighted by atomic mass is 19.1. The molecule has 2 aromatic rings. The maximum absolute atomic E-state index is 15.2. The molecule has 3 aliphatic carbocycles. The van der Waals surface area contributed by atoms with Crippen LogP contribution in [0.25, 0.3) is 5.57 Å². The smallest absolute Gasteiger partial charge is 0.311 e. The van der Waals surface area contributed by atoms with Gasteiger partial charge in [0.05, 0.1) is 24.9 Å². The molecule has 200 valence electrons. The van der Waals surface area contributed by atoms with Crippen molar-refractivity contribution in [2.75, 3.05) is 12.4 Å². The zero-order valence-corrected chi connectivity index (χ0v) is 22.0. The van der Waals surface area contributed by atoms with Crippen LogP contribution < -0.4 is 5.32 Å². The number of esters is 1. The summed E-state index contributed by atoms with van der Waals surface area (Å²) in [5.74, 6) is -2.71. The van der Waals surface area contributed by atoms with Gasteiger partial charge in [-0.1, -0.05) is 26.3 Å². The molecule has 5 nitrogen and oxygen atoms in total. The predicted molar refractivity (Wildman–Crippen MR) is 137 cm³/mol. The number of fused-ring (bicyclic) bond motifs is 4. The van der Waals surface area contributed by atoms with Gasteiger partial charge in [0.1, 0.15) is 11.5 Å². The Morgan fingerprint density at radius 1 is 1.11 bits per heavy atom. The second-order valence-corrected chi connectivity index (χ2v) is 10.2. The Morgan fingerprint density at radius 3 is 2.49 bits per heavy atom. The summed E-state index contributed by atoms with van der Waals surface area (Å²) < 4.78 is 49.8. The first-order chi connectivity index (χ1) is 17.8. The molecule has 3 fully saturated rings. The maximum atomic E-state index is 15.2. The molecule has 0 saturated heterocycles. The van der Waals surface area contributed by atoms with Gasteiger partial charge >= 0.3 is 5.97 Å². The van der Waals surface area contributed by atoms with Gasteiger partial charge in [-0.25, -0.2) is 18.2 Å². The van der Waals surface area contributed by atoms with E-state index in [9.17, 15) is 9.18 Å². The number of rotatable bonds is 8. The number of ether oxygens (including phenoxy) is 1. The van der Waals surface area contributed by atoms with Crippen molar-refractivity contribution in [1.29, 1.82) is 0 Å². The highest BCUT2D eigenvalue weighted by Gasteiger charge is 2.46. The number of pyridine rings is 2. The number of aromatic nitrogens is 2. The van der Waals surface area contributed by atoms with Crippen LogP contribution in [0, 0.1) is 35.2 Å². The fraction of sp³-hybridized carbons (Fsp3) is 0.552. The Bertz CT molecular complexity index is 1160. The van der Waals surface area contributed by atoms with E-state index in [-0.39, 0.29) is 41.3 Å². The number of hydrogen-bond acceptors (Lipinski definition) is 5. The molecule has 4 unspecified atom stereocenters. The van der Waals surface area contributed by atoms with Crippen molar-refractivity contribution in [3.05, 3.63) is 58.8 Å². The number of halogens is 3. The van der Waals surface area contributed by atoms with Crippen LogP contribution in [-0.2, 0) is 9.53 Å². The van der Waals surface area contributed by atoms with Crippen molar-refractivity contribution >= 4 is 17.4 Å². The van der Waals surface area contributed by atoms with Gasteiger partial charge in [0.25, 0.3) is 0 Å². The largest absolute Gasteiger partial charge is 0.469 e. The lowest BCUT2D eigenvalue weighted by molar-refractivity contribution is -0.149. The van der Waals surface area contributed by atoms with E-state index in [1.54, 1.807) is 13.0 Å². The molecule has 0 aliphatic heterocycles. The van der Waals surface area contributed by atoms with E-state index >= 15 is 8.78 Å². The average molecular weight is 516 g/mol. The summed E-state index contributed by atoms with van der Waals surface area (Å²) in [6.45, 7) is 5.76. The van der Waals surface area contributed by atoms with Gasteiger partial charge in [-0.05, 0) is 63.4 Å². The van der Waals surface area contributed by atoms with Gasteiger partial charge in [0.2, 0.25) is 0 Å². The Balaban J connectivity index is 1.77. The average Bonchev–Trinajstić information content (AvgIpc) is 3.23. The molecule has 0 radical (unpaired) electrons. The lowest BCUT2D eigenvalue weighted by Gasteiger charge is -2.39. The number of carbonyl (C=O) groups is 1.